The summed E-state index contributed by atoms with van der Waals surface area (Å²) in [6.45, 7) is 4.23. The third-order valence-corrected chi connectivity index (χ3v) is 3.06. The van der Waals surface area contributed by atoms with Crippen molar-refractivity contribution in [2.75, 3.05) is 0 Å². The van der Waals surface area contributed by atoms with Gasteiger partial charge in [0.15, 0.2) is 5.78 Å². The summed E-state index contributed by atoms with van der Waals surface area (Å²) in [4.78, 5) is 11.6. The van der Waals surface area contributed by atoms with E-state index in [0.29, 0.717) is 6.42 Å². The van der Waals surface area contributed by atoms with E-state index in [1.165, 1.54) is 0 Å². The smallest absolute Gasteiger partial charge is 0.156 e. The molecule has 0 fully saturated rings. The highest BCUT2D eigenvalue weighted by Gasteiger charge is 2.26. The van der Waals surface area contributed by atoms with Crippen molar-refractivity contribution < 1.29 is 9.90 Å². The molecular formula is C16H18O2. The van der Waals surface area contributed by atoms with Crippen LogP contribution in [0.5, 0.6) is 5.75 Å². The maximum atomic E-state index is 11.6. The quantitative estimate of drug-likeness (QED) is 0.858. The monoisotopic (exact) mass is 242 g/mol. The van der Waals surface area contributed by atoms with Gasteiger partial charge in [-0.3, -0.25) is 4.79 Å². The van der Waals surface area contributed by atoms with Gasteiger partial charge in [-0.25, -0.2) is 0 Å². The minimum absolute atomic E-state index is 0.0560. The van der Waals surface area contributed by atoms with E-state index in [1.54, 1.807) is 18.2 Å². The molecule has 0 aromatic heterocycles. The van der Waals surface area contributed by atoms with Gasteiger partial charge in [0.05, 0.1) is 0 Å². The number of ketones is 1. The van der Waals surface area contributed by atoms with Crippen LogP contribution in [0, 0.1) is 5.41 Å². The minimum Gasteiger partial charge on any atom is -0.508 e. The molecule has 1 aromatic rings. The van der Waals surface area contributed by atoms with Crippen LogP contribution in [0.1, 0.15) is 32.3 Å². The highest BCUT2D eigenvalue weighted by atomic mass is 16.3. The molecular weight excluding hydrogens is 224 g/mol. The Morgan fingerprint density at radius 1 is 1.11 bits per heavy atom. The summed E-state index contributed by atoms with van der Waals surface area (Å²) in [6.07, 6.45) is 7.25. The number of hydrogen-bond acceptors (Lipinski definition) is 2. The van der Waals surface area contributed by atoms with Crippen LogP contribution in [0.3, 0.4) is 0 Å². The molecule has 18 heavy (non-hydrogen) atoms. The first-order chi connectivity index (χ1) is 8.44. The lowest BCUT2D eigenvalue weighted by atomic mass is 9.77. The molecule has 0 heterocycles. The fourth-order valence-electron chi connectivity index (χ4n) is 2.29. The summed E-state index contributed by atoms with van der Waals surface area (Å²) in [5.41, 5.74) is 2.15. The number of carbonyl (C=O) groups excluding carboxylic acids is 1. The van der Waals surface area contributed by atoms with Crippen LogP contribution in [-0.4, -0.2) is 10.9 Å². The lowest BCUT2D eigenvalue weighted by molar-refractivity contribution is -0.116. The maximum Gasteiger partial charge on any atom is 0.156 e. The SMILES string of the molecule is CC1(C)CC(=O)C=C(/C=C\c2ccc(O)cc2)C1. The van der Waals surface area contributed by atoms with Crippen molar-refractivity contribution in [3.8, 4) is 5.75 Å². The second-order valence-electron chi connectivity index (χ2n) is 5.63. The molecule has 0 unspecified atom stereocenters. The second kappa shape index (κ2) is 4.81. The Kier molecular flexibility index (Phi) is 3.37. The zero-order chi connectivity index (χ0) is 13.2. The van der Waals surface area contributed by atoms with Gasteiger partial charge in [0.1, 0.15) is 5.75 Å². The van der Waals surface area contributed by atoms with E-state index in [1.807, 2.05) is 24.3 Å². The van der Waals surface area contributed by atoms with Crippen LogP contribution in [0.25, 0.3) is 6.08 Å². The van der Waals surface area contributed by atoms with Crippen molar-refractivity contribution in [1.29, 1.82) is 0 Å². The van der Waals surface area contributed by atoms with Crippen molar-refractivity contribution in [2.24, 2.45) is 5.41 Å². The highest BCUT2D eigenvalue weighted by molar-refractivity contribution is 5.92. The molecule has 0 aliphatic heterocycles. The predicted octanol–water partition coefficient (Wildman–Crippen LogP) is 3.72. The van der Waals surface area contributed by atoms with Crippen LogP contribution in [0.2, 0.25) is 0 Å². The van der Waals surface area contributed by atoms with E-state index in [9.17, 15) is 9.90 Å². The van der Waals surface area contributed by atoms with Crippen LogP contribution >= 0.6 is 0 Å². The van der Waals surface area contributed by atoms with E-state index in [0.717, 1.165) is 17.6 Å². The van der Waals surface area contributed by atoms with Gasteiger partial charge in [-0.05, 0) is 41.2 Å². The number of aromatic hydroxyl groups is 1. The number of phenolic OH excluding ortho intramolecular Hbond substituents is 1. The van der Waals surface area contributed by atoms with Crippen molar-refractivity contribution >= 4 is 11.9 Å². The number of hydrogen-bond donors (Lipinski definition) is 1. The Morgan fingerprint density at radius 2 is 1.78 bits per heavy atom. The fourth-order valence-corrected chi connectivity index (χ4v) is 2.29. The number of rotatable bonds is 2. The summed E-state index contributed by atoms with van der Waals surface area (Å²) < 4.78 is 0. The summed E-state index contributed by atoms with van der Waals surface area (Å²) >= 11 is 0. The predicted molar refractivity (Wildman–Crippen MR) is 73.2 cm³/mol. The largest absolute Gasteiger partial charge is 0.508 e. The van der Waals surface area contributed by atoms with Crippen molar-refractivity contribution in [2.45, 2.75) is 26.7 Å². The lowest BCUT2D eigenvalue weighted by Gasteiger charge is -2.27. The van der Waals surface area contributed by atoms with E-state index in [4.69, 9.17) is 0 Å². The molecule has 0 amide bonds. The van der Waals surface area contributed by atoms with E-state index in [2.05, 4.69) is 13.8 Å². The molecule has 0 saturated carbocycles. The number of carbonyl (C=O) groups is 1. The van der Waals surface area contributed by atoms with Crippen molar-refractivity contribution in [3.63, 3.8) is 0 Å². The van der Waals surface area contributed by atoms with Gasteiger partial charge in [-0.15, -0.1) is 0 Å². The van der Waals surface area contributed by atoms with E-state index < -0.39 is 0 Å². The average Bonchev–Trinajstić information content (AvgIpc) is 2.25. The minimum atomic E-state index is 0.0560. The molecule has 94 valence electrons. The van der Waals surface area contributed by atoms with Gasteiger partial charge < -0.3 is 5.11 Å². The molecule has 2 rings (SSSR count). The van der Waals surface area contributed by atoms with Gasteiger partial charge in [0.25, 0.3) is 0 Å². The van der Waals surface area contributed by atoms with Gasteiger partial charge >= 0.3 is 0 Å². The van der Waals surface area contributed by atoms with Gasteiger partial charge in [-0.2, -0.15) is 0 Å². The molecule has 2 nitrogen and oxygen atoms in total. The molecule has 0 radical (unpaired) electrons. The molecule has 2 heteroatoms. The first kappa shape index (κ1) is 12.6. The molecule has 1 aliphatic carbocycles. The average molecular weight is 242 g/mol. The summed E-state index contributed by atoms with van der Waals surface area (Å²) in [7, 11) is 0. The molecule has 0 spiro atoms. The summed E-state index contributed by atoms with van der Waals surface area (Å²) in [6, 6.07) is 7.01. The third kappa shape index (κ3) is 3.33. The first-order valence-electron chi connectivity index (χ1n) is 6.15. The van der Waals surface area contributed by atoms with E-state index >= 15 is 0 Å². The van der Waals surface area contributed by atoms with E-state index in [-0.39, 0.29) is 16.9 Å². The zero-order valence-corrected chi connectivity index (χ0v) is 10.8. The maximum absolute atomic E-state index is 11.6. The van der Waals surface area contributed by atoms with Crippen LogP contribution in [0.15, 0.2) is 42.0 Å². The van der Waals surface area contributed by atoms with Crippen molar-refractivity contribution in [1.82, 2.24) is 0 Å². The van der Waals surface area contributed by atoms with Crippen molar-refractivity contribution in [3.05, 3.63) is 47.6 Å². The Labute approximate surface area is 108 Å². The number of phenols is 1. The Hall–Kier alpha value is -1.83. The van der Waals surface area contributed by atoms with Crippen LogP contribution in [-0.2, 0) is 4.79 Å². The zero-order valence-electron chi connectivity index (χ0n) is 10.8. The van der Waals surface area contributed by atoms with Gasteiger partial charge in [0, 0.05) is 6.42 Å². The Bertz CT molecular complexity index is 504. The molecule has 1 aliphatic rings. The Morgan fingerprint density at radius 3 is 2.39 bits per heavy atom. The third-order valence-electron chi connectivity index (χ3n) is 3.06. The van der Waals surface area contributed by atoms with Gasteiger partial charge in [0.2, 0.25) is 0 Å². The molecule has 1 aromatic carbocycles. The topological polar surface area (TPSA) is 37.3 Å². The highest BCUT2D eigenvalue weighted by Crippen LogP contribution is 2.34. The molecule has 0 saturated heterocycles. The second-order valence-corrected chi connectivity index (χ2v) is 5.63. The number of allylic oxidation sites excluding steroid dienone is 3. The lowest BCUT2D eigenvalue weighted by Crippen LogP contribution is -2.21. The van der Waals surface area contributed by atoms with Crippen LogP contribution in [0.4, 0.5) is 0 Å². The van der Waals surface area contributed by atoms with Gasteiger partial charge in [-0.1, -0.05) is 38.1 Å². The number of benzene rings is 1. The normalized spacial score (nSPS) is 19.0. The standard InChI is InChI=1S/C16H18O2/c1-16(2)10-13(9-15(18)11-16)4-3-12-5-7-14(17)8-6-12/h3-9,17H,10-11H2,1-2H3/b4-3-. The Balaban J connectivity index is 2.14. The first-order valence-corrected chi connectivity index (χ1v) is 6.15. The fraction of sp³-hybridized carbons (Fsp3) is 0.312. The summed E-state index contributed by atoms with van der Waals surface area (Å²) in [5.74, 6) is 0.469. The molecule has 0 bridgehead atoms. The molecule has 1 N–H and O–H groups in total. The molecule has 0 atom stereocenters. The summed E-state index contributed by atoms with van der Waals surface area (Å²) in [5, 5.41) is 9.20. The van der Waals surface area contributed by atoms with Crippen LogP contribution < -0.4 is 0 Å².